The van der Waals surface area contributed by atoms with Crippen LogP contribution in [0.25, 0.3) is 11.1 Å². The zero-order chi connectivity index (χ0) is 16.6. The Labute approximate surface area is 143 Å². The molecule has 0 unspecified atom stereocenters. The number of sulfonamides is 1. The lowest BCUT2D eigenvalue weighted by atomic mass is 10.2. The molecule has 0 saturated carbocycles. The Bertz CT molecular complexity index is 958. The average molecular weight is 361 g/mol. The molecule has 0 aliphatic carbocycles. The summed E-state index contributed by atoms with van der Waals surface area (Å²) in [6, 6.07) is 8.84. The Balaban J connectivity index is 1.49. The number of rotatable bonds is 5. The zero-order valence-corrected chi connectivity index (χ0v) is 14.3. The van der Waals surface area contributed by atoms with Crippen LogP contribution in [-0.2, 0) is 23.0 Å². The highest BCUT2D eigenvalue weighted by Gasteiger charge is 2.19. The standard InChI is InChI=1S/C17H15NO4S2/c19-24(20,16-1-2-17-12(8-16)4-6-22-17)18-9-15-7-14(11-23-15)13-3-5-21-10-13/h1-3,5,7-8,10-11,18H,4,6,9H2. The van der Waals surface area contributed by atoms with Crippen LogP contribution in [0.3, 0.4) is 0 Å². The summed E-state index contributed by atoms with van der Waals surface area (Å²) >= 11 is 1.52. The fourth-order valence-electron chi connectivity index (χ4n) is 2.63. The number of ether oxygens (including phenoxy) is 1. The summed E-state index contributed by atoms with van der Waals surface area (Å²) in [5, 5.41) is 1.99. The van der Waals surface area contributed by atoms with E-state index in [1.165, 1.54) is 11.3 Å². The second kappa shape index (κ2) is 6.08. The third kappa shape index (κ3) is 2.98. The van der Waals surface area contributed by atoms with Crippen LogP contribution in [-0.4, -0.2) is 15.0 Å². The molecule has 1 aliphatic rings. The predicted octanol–water partition coefficient (Wildman–Crippen LogP) is 3.42. The lowest BCUT2D eigenvalue weighted by molar-refractivity contribution is 0.356. The van der Waals surface area contributed by atoms with E-state index in [1.807, 2.05) is 17.5 Å². The summed E-state index contributed by atoms with van der Waals surface area (Å²) < 4.78 is 38.1. The molecule has 124 valence electrons. The van der Waals surface area contributed by atoms with Gasteiger partial charge in [0.25, 0.3) is 0 Å². The molecule has 0 saturated heterocycles. The minimum absolute atomic E-state index is 0.262. The van der Waals surface area contributed by atoms with Crippen LogP contribution in [0, 0.1) is 0 Å². The molecule has 4 rings (SSSR count). The largest absolute Gasteiger partial charge is 0.493 e. The van der Waals surface area contributed by atoms with Crippen molar-refractivity contribution < 1.29 is 17.6 Å². The summed E-state index contributed by atoms with van der Waals surface area (Å²) in [5.41, 5.74) is 2.95. The summed E-state index contributed by atoms with van der Waals surface area (Å²) in [5.74, 6) is 0.775. The van der Waals surface area contributed by atoms with Gasteiger partial charge in [0.05, 0.1) is 24.0 Å². The van der Waals surface area contributed by atoms with Gasteiger partial charge in [0, 0.05) is 23.4 Å². The van der Waals surface area contributed by atoms with Gasteiger partial charge in [0.2, 0.25) is 10.0 Å². The van der Waals surface area contributed by atoms with Crippen LogP contribution in [0.2, 0.25) is 0 Å². The molecule has 0 amide bonds. The number of thiophene rings is 1. The molecule has 5 nitrogen and oxygen atoms in total. The van der Waals surface area contributed by atoms with E-state index in [4.69, 9.17) is 9.15 Å². The van der Waals surface area contributed by atoms with Gasteiger partial charge in [-0.05, 0) is 46.8 Å². The highest BCUT2D eigenvalue weighted by Crippen LogP contribution is 2.28. The van der Waals surface area contributed by atoms with Crippen molar-refractivity contribution in [2.24, 2.45) is 0 Å². The molecule has 1 aliphatic heterocycles. The van der Waals surface area contributed by atoms with Gasteiger partial charge in [0.15, 0.2) is 0 Å². The quantitative estimate of drug-likeness (QED) is 0.756. The molecular weight excluding hydrogens is 346 g/mol. The molecule has 0 radical (unpaired) electrons. The number of benzene rings is 1. The highest BCUT2D eigenvalue weighted by atomic mass is 32.2. The van der Waals surface area contributed by atoms with Gasteiger partial charge in [-0.1, -0.05) is 0 Å². The Hall–Kier alpha value is -2.09. The SMILES string of the molecule is O=S(=O)(NCc1cc(-c2ccoc2)cs1)c1ccc2c(c1)CCO2. The number of hydrogen-bond donors (Lipinski definition) is 1. The summed E-state index contributed by atoms with van der Waals surface area (Å²) in [6.07, 6.45) is 4.03. The minimum Gasteiger partial charge on any atom is -0.493 e. The summed E-state index contributed by atoms with van der Waals surface area (Å²) in [4.78, 5) is 1.22. The number of hydrogen-bond acceptors (Lipinski definition) is 5. The first kappa shape index (κ1) is 15.4. The lowest BCUT2D eigenvalue weighted by Crippen LogP contribution is -2.22. The van der Waals surface area contributed by atoms with E-state index in [2.05, 4.69) is 4.72 Å². The molecule has 3 heterocycles. The van der Waals surface area contributed by atoms with Gasteiger partial charge in [-0.15, -0.1) is 11.3 Å². The highest BCUT2D eigenvalue weighted by molar-refractivity contribution is 7.89. The van der Waals surface area contributed by atoms with E-state index in [9.17, 15) is 8.42 Å². The van der Waals surface area contributed by atoms with Crippen LogP contribution in [0.5, 0.6) is 5.75 Å². The second-order valence-corrected chi connectivity index (χ2v) is 8.27. The first-order valence-corrected chi connectivity index (χ1v) is 9.83. The average Bonchev–Trinajstić information content (AvgIpc) is 3.32. The van der Waals surface area contributed by atoms with Gasteiger partial charge >= 0.3 is 0 Å². The first-order valence-electron chi connectivity index (χ1n) is 7.47. The third-order valence-corrected chi connectivity index (χ3v) is 6.25. The fourth-order valence-corrected chi connectivity index (χ4v) is 4.61. The number of fused-ring (bicyclic) bond motifs is 1. The topological polar surface area (TPSA) is 68.5 Å². The van der Waals surface area contributed by atoms with Crippen molar-refractivity contribution in [3.63, 3.8) is 0 Å². The van der Waals surface area contributed by atoms with Crippen LogP contribution in [0.15, 0.2) is 57.6 Å². The van der Waals surface area contributed by atoms with E-state index in [-0.39, 0.29) is 11.4 Å². The predicted molar refractivity (Wildman–Crippen MR) is 91.7 cm³/mol. The van der Waals surface area contributed by atoms with Gasteiger partial charge in [-0.25, -0.2) is 13.1 Å². The molecule has 3 aromatic rings. The molecule has 1 N–H and O–H groups in total. The lowest BCUT2D eigenvalue weighted by Gasteiger charge is -2.07. The fraction of sp³-hybridized carbons (Fsp3) is 0.176. The molecule has 0 fully saturated rings. The van der Waals surface area contributed by atoms with Crippen molar-refractivity contribution in [2.45, 2.75) is 17.9 Å². The molecular formula is C17H15NO4S2. The maximum Gasteiger partial charge on any atom is 0.240 e. The Morgan fingerprint density at radius 1 is 1.17 bits per heavy atom. The molecule has 24 heavy (non-hydrogen) atoms. The number of furan rings is 1. The first-order chi connectivity index (χ1) is 11.6. The van der Waals surface area contributed by atoms with E-state index < -0.39 is 10.0 Å². The Kier molecular flexibility index (Phi) is 3.91. The van der Waals surface area contributed by atoms with Crippen LogP contribution in [0.1, 0.15) is 10.4 Å². The van der Waals surface area contributed by atoms with Crippen molar-refractivity contribution in [3.05, 3.63) is 58.7 Å². The van der Waals surface area contributed by atoms with Crippen LogP contribution < -0.4 is 9.46 Å². The van der Waals surface area contributed by atoms with E-state index in [0.29, 0.717) is 6.61 Å². The number of nitrogens with one attached hydrogen (secondary N) is 1. The maximum absolute atomic E-state index is 12.5. The van der Waals surface area contributed by atoms with Gasteiger partial charge in [0.1, 0.15) is 5.75 Å². The molecule has 0 spiro atoms. The summed E-state index contributed by atoms with van der Waals surface area (Å²) in [6.45, 7) is 0.872. The maximum atomic E-state index is 12.5. The van der Waals surface area contributed by atoms with Gasteiger partial charge in [-0.2, -0.15) is 0 Å². The van der Waals surface area contributed by atoms with E-state index >= 15 is 0 Å². The Morgan fingerprint density at radius 2 is 2.08 bits per heavy atom. The summed E-state index contributed by atoms with van der Waals surface area (Å²) in [7, 11) is -3.54. The monoisotopic (exact) mass is 361 g/mol. The van der Waals surface area contributed by atoms with Crippen molar-refractivity contribution in [3.8, 4) is 16.9 Å². The Morgan fingerprint density at radius 3 is 2.92 bits per heavy atom. The smallest absolute Gasteiger partial charge is 0.240 e. The molecule has 7 heteroatoms. The van der Waals surface area contributed by atoms with E-state index in [1.54, 1.807) is 30.7 Å². The zero-order valence-electron chi connectivity index (χ0n) is 12.7. The van der Waals surface area contributed by atoms with Gasteiger partial charge < -0.3 is 9.15 Å². The molecule has 2 aromatic heterocycles. The third-order valence-electron chi connectivity index (χ3n) is 3.92. The van der Waals surface area contributed by atoms with Crippen LogP contribution in [0.4, 0.5) is 0 Å². The molecule has 0 bridgehead atoms. The normalized spacial score (nSPS) is 13.7. The van der Waals surface area contributed by atoms with E-state index in [0.717, 1.165) is 33.7 Å². The minimum atomic E-state index is -3.54. The van der Waals surface area contributed by atoms with Crippen molar-refractivity contribution in [1.29, 1.82) is 0 Å². The van der Waals surface area contributed by atoms with Crippen molar-refractivity contribution in [1.82, 2.24) is 4.72 Å². The molecule has 1 aromatic carbocycles. The van der Waals surface area contributed by atoms with Crippen molar-refractivity contribution >= 4 is 21.4 Å². The molecule has 0 atom stereocenters. The van der Waals surface area contributed by atoms with Crippen LogP contribution >= 0.6 is 11.3 Å². The van der Waals surface area contributed by atoms with Gasteiger partial charge in [-0.3, -0.25) is 0 Å². The van der Waals surface area contributed by atoms with Crippen molar-refractivity contribution in [2.75, 3.05) is 6.61 Å². The second-order valence-electron chi connectivity index (χ2n) is 5.51.